The van der Waals surface area contributed by atoms with Crippen molar-refractivity contribution in [3.8, 4) is 0 Å². The molecule has 74 valence electrons. The fourth-order valence-electron chi connectivity index (χ4n) is 1.43. The summed E-state index contributed by atoms with van der Waals surface area (Å²) < 4.78 is 1.83. The van der Waals surface area contributed by atoms with Crippen LogP contribution in [0.1, 0.15) is 20.8 Å². The smallest absolute Gasteiger partial charge is 0.127 e. The lowest BCUT2D eigenvalue weighted by Crippen LogP contribution is -2.30. The summed E-state index contributed by atoms with van der Waals surface area (Å²) in [5.41, 5.74) is 0.948. The zero-order valence-corrected chi connectivity index (χ0v) is 8.82. The maximum absolute atomic E-state index is 5.77. The summed E-state index contributed by atoms with van der Waals surface area (Å²) in [5.74, 6) is 0. The van der Waals surface area contributed by atoms with Gasteiger partial charge in [-0.1, -0.05) is 18.2 Å². The van der Waals surface area contributed by atoms with E-state index in [1.807, 2.05) is 43.8 Å². The average molecular weight is 189 g/mol. The van der Waals surface area contributed by atoms with Gasteiger partial charge in [-0.05, 0) is 32.9 Å². The molecule has 0 spiro atoms. The molecule has 0 radical (unpaired) electrons. The average Bonchev–Trinajstić information content (AvgIpc) is 2.47. The molecule has 1 aromatic heterocycles. The van der Waals surface area contributed by atoms with Crippen molar-refractivity contribution >= 4 is 10.9 Å². The van der Waals surface area contributed by atoms with Crippen LogP contribution in [0.2, 0.25) is 0 Å². The second-order valence-electron chi connectivity index (χ2n) is 4.40. The van der Waals surface area contributed by atoms with Gasteiger partial charge in [-0.3, -0.25) is 0 Å². The Morgan fingerprint density at radius 3 is 2.50 bits per heavy atom. The highest BCUT2D eigenvalue weighted by atomic mass is 16.7. The molecule has 0 saturated carbocycles. The van der Waals surface area contributed by atoms with Crippen LogP contribution in [0.15, 0.2) is 36.5 Å². The van der Waals surface area contributed by atoms with Crippen LogP contribution in [0.25, 0.3) is 10.9 Å². The molecule has 1 heterocycles. The largest absolute Gasteiger partial charge is 0.408 e. The minimum atomic E-state index is -0.165. The lowest BCUT2D eigenvalue weighted by atomic mass is 10.2. The van der Waals surface area contributed by atoms with Gasteiger partial charge in [-0.15, -0.1) is 0 Å². The van der Waals surface area contributed by atoms with Crippen LogP contribution in [0.4, 0.5) is 0 Å². The summed E-state index contributed by atoms with van der Waals surface area (Å²) in [5, 5.41) is 1.21. The monoisotopic (exact) mass is 189 g/mol. The number of rotatable bonds is 1. The van der Waals surface area contributed by atoms with Crippen LogP contribution in [0, 0.1) is 0 Å². The number of aromatic nitrogens is 1. The molecule has 14 heavy (non-hydrogen) atoms. The Morgan fingerprint density at radius 1 is 1.07 bits per heavy atom. The molecule has 2 nitrogen and oxygen atoms in total. The van der Waals surface area contributed by atoms with Crippen LogP contribution in [0.3, 0.4) is 0 Å². The fourth-order valence-corrected chi connectivity index (χ4v) is 1.43. The van der Waals surface area contributed by atoms with Crippen molar-refractivity contribution in [3.63, 3.8) is 0 Å². The molecule has 0 atom stereocenters. The molecule has 0 amide bonds. The number of hydrogen-bond acceptors (Lipinski definition) is 1. The Labute approximate surface area is 84.1 Å². The minimum absolute atomic E-state index is 0.165. The first-order valence-corrected chi connectivity index (χ1v) is 4.82. The highest BCUT2D eigenvalue weighted by Crippen LogP contribution is 2.15. The molecule has 0 N–H and O–H groups in total. The molecule has 0 saturated heterocycles. The topological polar surface area (TPSA) is 14.2 Å². The minimum Gasteiger partial charge on any atom is -0.408 e. The Morgan fingerprint density at radius 2 is 1.79 bits per heavy atom. The first kappa shape index (κ1) is 9.13. The third kappa shape index (κ3) is 1.74. The molecular formula is C12H15NO. The first-order valence-electron chi connectivity index (χ1n) is 4.82. The molecule has 2 heteroatoms. The van der Waals surface area contributed by atoms with Gasteiger partial charge in [0.15, 0.2) is 0 Å². The van der Waals surface area contributed by atoms with Gasteiger partial charge in [0.2, 0.25) is 0 Å². The quantitative estimate of drug-likeness (QED) is 0.672. The normalized spacial score (nSPS) is 11.9. The number of nitrogens with zero attached hydrogens (tertiary/aromatic N) is 1. The van der Waals surface area contributed by atoms with Crippen molar-refractivity contribution in [2.45, 2.75) is 26.4 Å². The van der Waals surface area contributed by atoms with Crippen molar-refractivity contribution in [1.29, 1.82) is 0 Å². The summed E-state index contributed by atoms with van der Waals surface area (Å²) in [6.45, 7) is 6.13. The van der Waals surface area contributed by atoms with Gasteiger partial charge >= 0.3 is 0 Å². The Bertz CT molecular complexity index is 437. The molecule has 0 fully saturated rings. The molecule has 2 aromatic rings. The van der Waals surface area contributed by atoms with E-state index in [0.29, 0.717) is 0 Å². The fraction of sp³-hybridized carbons (Fsp3) is 0.333. The van der Waals surface area contributed by atoms with E-state index in [2.05, 4.69) is 18.2 Å². The molecular weight excluding hydrogens is 174 g/mol. The van der Waals surface area contributed by atoms with Gasteiger partial charge in [0.1, 0.15) is 5.60 Å². The SMILES string of the molecule is CC(C)(C)On1ccc2ccccc21. The predicted molar refractivity (Wildman–Crippen MR) is 58.3 cm³/mol. The Kier molecular flexibility index (Phi) is 1.99. The second-order valence-corrected chi connectivity index (χ2v) is 4.40. The highest BCUT2D eigenvalue weighted by molar-refractivity contribution is 5.79. The van der Waals surface area contributed by atoms with Gasteiger partial charge in [-0.25, -0.2) is 0 Å². The van der Waals surface area contributed by atoms with Crippen molar-refractivity contribution < 1.29 is 4.84 Å². The highest BCUT2D eigenvalue weighted by Gasteiger charge is 2.13. The zero-order valence-electron chi connectivity index (χ0n) is 8.82. The van der Waals surface area contributed by atoms with E-state index in [9.17, 15) is 0 Å². The van der Waals surface area contributed by atoms with E-state index in [1.54, 1.807) is 0 Å². The number of para-hydroxylation sites is 1. The lowest BCUT2D eigenvalue weighted by Gasteiger charge is -2.21. The summed E-state index contributed by atoms with van der Waals surface area (Å²) >= 11 is 0. The van der Waals surface area contributed by atoms with Gasteiger partial charge in [0.25, 0.3) is 0 Å². The van der Waals surface area contributed by atoms with E-state index in [0.717, 1.165) is 5.52 Å². The van der Waals surface area contributed by atoms with Gasteiger partial charge < -0.3 is 4.84 Å². The maximum atomic E-state index is 5.77. The van der Waals surface area contributed by atoms with Gasteiger partial charge in [-0.2, -0.15) is 4.73 Å². The van der Waals surface area contributed by atoms with E-state index in [1.165, 1.54) is 5.39 Å². The first-order chi connectivity index (χ1) is 6.56. The number of fused-ring (bicyclic) bond motifs is 1. The van der Waals surface area contributed by atoms with Crippen molar-refractivity contribution in [1.82, 2.24) is 4.73 Å². The van der Waals surface area contributed by atoms with Crippen LogP contribution in [-0.2, 0) is 0 Å². The van der Waals surface area contributed by atoms with Crippen LogP contribution < -0.4 is 4.84 Å². The van der Waals surface area contributed by atoms with E-state index >= 15 is 0 Å². The zero-order chi connectivity index (χ0) is 10.2. The summed E-state index contributed by atoms with van der Waals surface area (Å²) in [6, 6.07) is 10.2. The van der Waals surface area contributed by atoms with E-state index in [-0.39, 0.29) is 5.60 Å². The van der Waals surface area contributed by atoms with E-state index < -0.39 is 0 Å². The van der Waals surface area contributed by atoms with E-state index in [4.69, 9.17) is 4.84 Å². The van der Waals surface area contributed by atoms with Crippen molar-refractivity contribution in [2.75, 3.05) is 0 Å². The molecule has 0 aliphatic heterocycles. The molecule has 1 aromatic carbocycles. The van der Waals surface area contributed by atoms with Gasteiger partial charge in [0, 0.05) is 11.6 Å². The maximum Gasteiger partial charge on any atom is 0.127 e. The number of benzene rings is 1. The van der Waals surface area contributed by atoms with Gasteiger partial charge in [0.05, 0.1) is 5.52 Å². The Hall–Kier alpha value is -1.44. The summed E-state index contributed by atoms with van der Waals surface area (Å²) in [7, 11) is 0. The van der Waals surface area contributed by atoms with Crippen molar-refractivity contribution in [3.05, 3.63) is 36.5 Å². The molecule has 0 unspecified atom stereocenters. The second kappa shape index (κ2) is 3.05. The van der Waals surface area contributed by atoms with Crippen LogP contribution in [0.5, 0.6) is 0 Å². The van der Waals surface area contributed by atoms with Crippen molar-refractivity contribution in [2.24, 2.45) is 0 Å². The Balaban J connectivity index is 2.44. The van der Waals surface area contributed by atoms with Crippen LogP contribution in [-0.4, -0.2) is 10.3 Å². The summed E-state index contributed by atoms with van der Waals surface area (Å²) in [4.78, 5) is 5.77. The summed E-state index contributed by atoms with van der Waals surface area (Å²) in [6.07, 6.45) is 1.95. The van der Waals surface area contributed by atoms with Crippen LogP contribution >= 0.6 is 0 Å². The molecule has 0 aliphatic rings. The predicted octanol–water partition coefficient (Wildman–Crippen LogP) is 2.87. The molecule has 0 aliphatic carbocycles. The third-order valence-electron chi connectivity index (χ3n) is 1.94. The molecule has 2 rings (SSSR count). The molecule has 0 bridgehead atoms. The standard InChI is InChI=1S/C12H15NO/c1-12(2,3)14-13-9-8-10-6-4-5-7-11(10)13/h4-9H,1-3H3. The lowest BCUT2D eigenvalue weighted by molar-refractivity contribution is -0.00814. The number of hydrogen-bond donors (Lipinski definition) is 0. The third-order valence-corrected chi connectivity index (χ3v) is 1.94.